The van der Waals surface area contributed by atoms with Crippen molar-refractivity contribution in [3.63, 3.8) is 0 Å². The molecular formula is C17H18ClNO2. The highest BCUT2D eigenvalue weighted by atomic mass is 35.5. The molecule has 2 aromatic rings. The minimum atomic E-state index is -0.151. The summed E-state index contributed by atoms with van der Waals surface area (Å²) in [6.45, 7) is 4.65. The highest BCUT2D eigenvalue weighted by molar-refractivity contribution is 6.31. The van der Waals surface area contributed by atoms with E-state index in [2.05, 4.69) is 37.4 Å². The Balaban J connectivity index is 2.21. The van der Waals surface area contributed by atoms with Crippen molar-refractivity contribution in [3.05, 3.63) is 46.5 Å². The second-order valence-electron chi connectivity index (χ2n) is 5.25. The minimum absolute atomic E-state index is 0.151. The normalized spacial score (nSPS) is 16.9. The standard InChI is InChI=1S/C17H18ClNO2/c1-10-5-4-6-11(2)16(10)13-7-12(18)8-14-17(13)21-15(19-3)9-20-14/h4-8,15,19H,9H2,1-3H3/t15-/m0/s1. The van der Waals surface area contributed by atoms with Crippen molar-refractivity contribution in [2.24, 2.45) is 0 Å². The Bertz CT molecular complexity index is 664. The van der Waals surface area contributed by atoms with E-state index in [0.29, 0.717) is 17.4 Å². The summed E-state index contributed by atoms with van der Waals surface area (Å²) in [7, 11) is 1.85. The average Bonchev–Trinajstić information content (AvgIpc) is 2.46. The van der Waals surface area contributed by atoms with Crippen LogP contribution in [-0.4, -0.2) is 19.9 Å². The van der Waals surface area contributed by atoms with Gasteiger partial charge in [0.15, 0.2) is 17.7 Å². The van der Waals surface area contributed by atoms with Gasteiger partial charge in [0, 0.05) is 16.7 Å². The Morgan fingerprint density at radius 2 is 1.90 bits per heavy atom. The molecule has 1 aliphatic rings. The number of halogens is 1. The summed E-state index contributed by atoms with van der Waals surface area (Å²) in [5.41, 5.74) is 4.51. The summed E-state index contributed by atoms with van der Waals surface area (Å²) < 4.78 is 11.8. The van der Waals surface area contributed by atoms with Gasteiger partial charge < -0.3 is 9.47 Å². The van der Waals surface area contributed by atoms with E-state index in [1.165, 1.54) is 11.1 Å². The zero-order valence-corrected chi connectivity index (χ0v) is 13.1. The van der Waals surface area contributed by atoms with Crippen LogP contribution in [0.25, 0.3) is 11.1 Å². The molecule has 0 amide bonds. The molecule has 1 atom stereocenters. The topological polar surface area (TPSA) is 30.5 Å². The van der Waals surface area contributed by atoms with E-state index < -0.39 is 0 Å². The first-order valence-electron chi connectivity index (χ1n) is 6.97. The van der Waals surface area contributed by atoms with Crippen molar-refractivity contribution >= 4 is 11.6 Å². The van der Waals surface area contributed by atoms with Gasteiger partial charge >= 0.3 is 0 Å². The fraction of sp³-hybridized carbons (Fsp3) is 0.294. The quantitative estimate of drug-likeness (QED) is 0.911. The van der Waals surface area contributed by atoms with Gasteiger partial charge in [0.1, 0.15) is 6.61 Å². The van der Waals surface area contributed by atoms with Gasteiger partial charge in [0.25, 0.3) is 0 Å². The maximum atomic E-state index is 6.26. The zero-order chi connectivity index (χ0) is 15.0. The molecule has 0 saturated heterocycles. The van der Waals surface area contributed by atoms with Gasteiger partial charge in [-0.3, -0.25) is 5.32 Å². The summed E-state index contributed by atoms with van der Waals surface area (Å²) >= 11 is 6.26. The predicted octanol–water partition coefficient (Wildman–Crippen LogP) is 3.94. The number of nitrogens with one attached hydrogen (secondary N) is 1. The molecule has 2 aromatic carbocycles. The summed E-state index contributed by atoms with van der Waals surface area (Å²) in [5.74, 6) is 1.45. The number of rotatable bonds is 2. The number of fused-ring (bicyclic) bond motifs is 1. The minimum Gasteiger partial charge on any atom is -0.484 e. The molecule has 0 bridgehead atoms. The van der Waals surface area contributed by atoms with E-state index in [9.17, 15) is 0 Å². The molecule has 0 unspecified atom stereocenters. The summed E-state index contributed by atoms with van der Waals surface area (Å²) in [6, 6.07) is 9.99. The number of hydrogen-bond acceptors (Lipinski definition) is 3. The predicted molar refractivity (Wildman–Crippen MR) is 85.3 cm³/mol. The molecule has 1 heterocycles. The average molecular weight is 304 g/mol. The smallest absolute Gasteiger partial charge is 0.184 e. The van der Waals surface area contributed by atoms with Crippen LogP contribution >= 0.6 is 11.6 Å². The van der Waals surface area contributed by atoms with Crippen LogP contribution in [0.3, 0.4) is 0 Å². The van der Waals surface area contributed by atoms with Gasteiger partial charge in [-0.1, -0.05) is 29.8 Å². The number of aryl methyl sites for hydroxylation is 2. The van der Waals surface area contributed by atoms with E-state index in [0.717, 1.165) is 16.9 Å². The number of ether oxygens (including phenoxy) is 2. The molecule has 1 N–H and O–H groups in total. The van der Waals surface area contributed by atoms with Crippen LogP contribution in [0, 0.1) is 13.8 Å². The third-order valence-corrected chi connectivity index (χ3v) is 3.96. The lowest BCUT2D eigenvalue weighted by Gasteiger charge is -2.28. The highest BCUT2D eigenvalue weighted by Gasteiger charge is 2.25. The molecule has 0 aromatic heterocycles. The SMILES string of the molecule is CN[C@@H]1COc2cc(Cl)cc(-c3c(C)cccc3C)c2O1. The van der Waals surface area contributed by atoms with Crippen molar-refractivity contribution in [3.8, 4) is 22.6 Å². The van der Waals surface area contributed by atoms with Crippen LogP contribution in [0.15, 0.2) is 30.3 Å². The number of hydrogen-bond donors (Lipinski definition) is 1. The molecule has 4 heteroatoms. The summed E-state index contributed by atoms with van der Waals surface area (Å²) in [6.07, 6.45) is -0.151. The van der Waals surface area contributed by atoms with Crippen molar-refractivity contribution in [1.29, 1.82) is 0 Å². The Labute approximate surface area is 129 Å². The molecule has 0 fully saturated rings. The molecule has 0 saturated carbocycles. The summed E-state index contributed by atoms with van der Waals surface area (Å²) in [5, 5.41) is 3.74. The van der Waals surface area contributed by atoms with Crippen LogP contribution in [0.4, 0.5) is 0 Å². The lowest BCUT2D eigenvalue weighted by molar-refractivity contribution is 0.0733. The third-order valence-electron chi connectivity index (χ3n) is 3.74. The fourth-order valence-electron chi connectivity index (χ4n) is 2.71. The van der Waals surface area contributed by atoms with Crippen LogP contribution in [0.1, 0.15) is 11.1 Å². The van der Waals surface area contributed by atoms with Crippen LogP contribution < -0.4 is 14.8 Å². The Morgan fingerprint density at radius 3 is 2.57 bits per heavy atom. The van der Waals surface area contributed by atoms with E-state index in [4.69, 9.17) is 21.1 Å². The van der Waals surface area contributed by atoms with Gasteiger partial charge in [0.2, 0.25) is 0 Å². The Morgan fingerprint density at radius 1 is 1.19 bits per heavy atom. The van der Waals surface area contributed by atoms with Crippen molar-refractivity contribution in [2.45, 2.75) is 20.1 Å². The largest absolute Gasteiger partial charge is 0.484 e. The third kappa shape index (κ3) is 2.59. The van der Waals surface area contributed by atoms with E-state index in [-0.39, 0.29) is 6.23 Å². The monoisotopic (exact) mass is 303 g/mol. The van der Waals surface area contributed by atoms with Crippen molar-refractivity contribution < 1.29 is 9.47 Å². The van der Waals surface area contributed by atoms with Crippen LogP contribution in [0.5, 0.6) is 11.5 Å². The first kappa shape index (κ1) is 14.2. The van der Waals surface area contributed by atoms with Crippen molar-refractivity contribution in [1.82, 2.24) is 5.32 Å². The van der Waals surface area contributed by atoms with E-state index in [1.807, 2.05) is 13.1 Å². The molecule has 0 spiro atoms. The number of likely N-dealkylation sites (N-methyl/N-ethyl adjacent to an activating group) is 1. The molecule has 21 heavy (non-hydrogen) atoms. The van der Waals surface area contributed by atoms with Gasteiger partial charge in [0.05, 0.1) is 0 Å². The van der Waals surface area contributed by atoms with Gasteiger partial charge in [-0.15, -0.1) is 0 Å². The van der Waals surface area contributed by atoms with Gasteiger partial charge in [-0.2, -0.15) is 0 Å². The molecule has 3 rings (SSSR count). The van der Waals surface area contributed by atoms with E-state index >= 15 is 0 Å². The lowest BCUT2D eigenvalue weighted by Crippen LogP contribution is -2.39. The first-order chi connectivity index (χ1) is 10.1. The Hall–Kier alpha value is -1.71. The second-order valence-corrected chi connectivity index (χ2v) is 5.69. The maximum absolute atomic E-state index is 6.26. The van der Waals surface area contributed by atoms with Crippen LogP contribution in [0.2, 0.25) is 5.02 Å². The van der Waals surface area contributed by atoms with Gasteiger partial charge in [-0.25, -0.2) is 0 Å². The fourth-order valence-corrected chi connectivity index (χ4v) is 2.91. The summed E-state index contributed by atoms with van der Waals surface area (Å²) in [4.78, 5) is 0. The molecule has 3 nitrogen and oxygen atoms in total. The molecule has 0 aliphatic carbocycles. The van der Waals surface area contributed by atoms with Crippen molar-refractivity contribution in [2.75, 3.05) is 13.7 Å². The molecule has 1 aliphatic heterocycles. The Kier molecular flexibility index (Phi) is 3.79. The first-order valence-corrected chi connectivity index (χ1v) is 7.35. The van der Waals surface area contributed by atoms with E-state index in [1.54, 1.807) is 6.07 Å². The lowest BCUT2D eigenvalue weighted by atomic mass is 9.94. The molecule has 110 valence electrons. The molecular weight excluding hydrogens is 286 g/mol. The second kappa shape index (κ2) is 5.58. The van der Waals surface area contributed by atoms with Crippen LogP contribution in [-0.2, 0) is 0 Å². The zero-order valence-electron chi connectivity index (χ0n) is 12.4. The maximum Gasteiger partial charge on any atom is 0.184 e. The number of benzene rings is 2. The molecule has 0 radical (unpaired) electrons. The highest BCUT2D eigenvalue weighted by Crippen LogP contribution is 2.44. The van der Waals surface area contributed by atoms with Gasteiger partial charge in [-0.05, 0) is 43.7 Å².